The fraction of sp³-hybridized carbons (Fsp3) is 0.250. The number of nitrogens with two attached hydrogens (primary N) is 2. The van der Waals surface area contributed by atoms with Crippen LogP contribution in [0, 0.1) is 0 Å². The zero-order chi connectivity index (χ0) is 17.7. The molecular formula is C24H24N2. The fourth-order valence-electron chi connectivity index (χ4n) is 5.21. The van der Waals surface area contributed by atoms with Crippen molar-refractivity contribution in [3.63, 3.8) is 0 Å². The van der Waals surface area contributed by atoms with Crippen LogP contribution in [0.15, 0.2) is 60.7 Å². The third-order valence-corrected chi connectivity index (χ3v) is 6.11. The molecular weight excluding hydrogens is 316 g/mol. The Morgan fingerprint density at radius 2 is 0.962 bits per heavy atom. The Balaban J connectivity index is 1.84. The first-order chi connectivity index (χ1) is 12.8. The summed E-state index contributed by atoms with van der Waals surface area (Å²) in [5.74, 6) is 0.642. The van der Waals surface area contributed by atoms with E-state index in [-0.39, 0.29) is 0 Å². The summed E-state index contributed by atoms with van der Waals surface area (Å²) >= 11 is 0. The average molecular weight is 340 g/mol. The van der Waals surface area contributed by atoms with Gasteiger partial charge in [0, 0.05) is 11.8 Å². The Morgan fingerprint density at radius 1 is 0.538 bits per heavy atom. The van der Waals surface area contributed by atoms with Crippen molar-refractivity contribution in [3.05, 3.63) is 105 Å². The molecule has 2 bridgehead atoms. The highest BCUT2D eigenvalue weighted by Gasteiger charge is 2.42. The van der Waals surface area contributed by atoms with E-state index >= 15 is 0 Å². The monoisotopic (exact) mass is 340 g/mol. The van der Waals surface area contributed by atoms with Crippen molar-refractivity contribution in [1.29, 1.82) is 0 Å². The predicted octanol–water partition coefficient (Wildman–Crippen LogP) is 3.68. The van der Waals surface area contributed by atoms with Crippen molar-refractivity contribution in [2.75, 3.05) is 13.1 Å². The molecule has 0 radical (unpaired) electrons. The summed E-state index contributed by atoms with van der Waals surface area (Å²) in [6, 6.07) is 22.6. The molecule has 6 rings (SSSR count). The van der Waals surface area contributed by atoms with E-state index in [4.69, 9.17) is 11.5 Å². The van der Waals surface area contributed by atoms with Crippen LogP contribution in [0.1, 0.15) is 56.3 Å². The number of hydrogen-bond donors (Lipinski definition) is 2. The Labute approximate surface area is 154 Å². The van der Waals surface area contributed by atoms with Gasteiger partial charge in [0.15, 0.2) is 0 Å². The van der Waals surface area contributed by atoms with Crippen LogP contribution in [0.5, 0.6) is 0 Å². The summed E-state index contributed by atoms with van der Waals surface area (Å²) in [6.45, 7) is 1.38. The SMILES string of the molecule is NCCc1cccc2c1C1c3ccccc3C2c2c(CCN)cccc21. The number of hydrogen-bond acceptors (Lipinski definition) is 2. The zero-order valence-corrected chi connectivity index (χ0v) is 14.9. The first kappa shape index (κ1) is 15.8. The van der Waals surface area contributed by atoms with E-state index in [0.29, 0.717) is 24.9 Å². The molecule has 0 aliphatic heterocycles. The predicted molar refractivity (Wildman–Crippen MR) is 107 cm³/mol. The molecule has 26 heavy (non-hydrogen) atoms. The maximum absolute atomic E-state index is 5.93. The van der Waals surface area contributed by atoms with Crippen LogP contribution < -0.4 is 11.5 Å². The Kier molecular flexibility index (Phi) is 3.70. The first-order valence-corrected chi connectivity index (χ1v) is 9.57. The van der Waals surface area contributed by atoms with Gasteiger partial charge >= 0.3 is 0 Å². The second kappa shape index (κ2) is 6.08. The van der Waals surface area contributed by atoms with Crippen LogP contribution in [-0.4, -0.2) is 13.1 Å². The summed E-state index contributed by atoms with van der Waals surface area (Å²) < 4.78 is 0. The van der Waals surface area contributed by atoms with Gasteiger partial charge in [0.2, 0.25) is 0 Å². The maximum Gasteiger partial charge on any atom is 0.0352 e. The molecule has 130 valence electrons. The Hall–Kier alpha value is -2.42. The molecule has 0 fully saturated rings. The third kappa shape index (κ3) is 2.06. The summed E-state index contributed by atoms with van der Waals surface area (Å²) in [5, 5.41) is 0. The van der Waals surface area contributed by atoms with Crippen LogP contribution in [0.25, 0.3) is 0 Å². The minimum atomic E-state index is 0.321. The van der Waals surface area contributed by atoms with Gasteiger partial charge in [-0.3, -0.25) is 0 Å². The van der Waals surface area contributed by atoms with Crippen LogP contribution >= 0.6 is 0 Å². The molecule has 2 heteroatoms. The van der Waals surface area contributed by atoms with E-state index < -0.39 is 0 Å². The lowest BCUT2D eigenvalue weighted by atomic mass is 9.59. The molecule has 2 atom stereocenters. The fourth-order valence-corrected chi connectivity index (χ4v) is 5.21. The van der Waals surface area contributed by atoms with E-state index in [1.807, 2.05) is 0 Å². The molecule has 3 aromatic rings. The molecule has 3 aliphatic rings. The molecule has 4 N–H and O–H groups in total. The van der Waals surface area contributed by atoms with Crippen LogP contribution in [0.2, 0.25) is 0 Å². The van der Waals surface area contributed by atoms with Crippen molar-refractivity contribution in [1.82, 2.24) is 0 Å². The van der Waals surface area contributed by atoms with Gasteiger partial charge in [-0.2, -0.15) is 0 Å². The van der Waals surface area contributed by atoms with E-state index in [0.717, 1.165) is 12.8 Å². The highest BCUT2D eigenvalue weighted by Crippen LogP contribution is 2.57. The smallest absolute Gasteiger partial charge is 0.0352 e. The second-order valence-corrected chi connectivity index (χ2v) is 7.41. The molecule has 0 spiro atoms. The zero-order valence-electron chi connectivity index (χ0n) is 14.9. The van der Waals surface area contributed by atoms with Gasteiger partial charge in [-0.15, -0.1) is 0 Å². The second-order valence-electron chi connectivity index (χ2n) is 7.41. The Bertz CT molecular complexity index is 909. The van der Waals surface area contributed by atoms with Crippen LogP contribution in [0.4, 0.5) is 0 Å². The summed E-state index contributed by atoms with van der Waals surface area (Å²) in [6.07, 6.45) is 1.87. The molecule has 2 nitrogen and oxygen atoms in total. The van der Waals surface area contributed by atoms with E-state index in [9.17, 15) is 0 Å². The highest BCUT2D eigenvalue weighted by atomic mass is 14.5. The summed E-state index contributed by atoms with van der Waals surface area (Å²) in [5.41, 5.74) is 23.5. The van der Waals surface area contributed by atoms with Gasteiger partial charge < -0.3 is 11.5 Å². The normalized spacial score (nSPS) is 19.0. The van der Waals surface area contributed by atoms with Gasteiger partial charge in [-0.05, 0) is 70.4 Å². The largest absolute Gasteiger partial charge is 0.330 e. The van der Waals surface area contributed by atoms with E-state index in [1.54, 1.807) is 0 Å². The Morgan fingerprint density at radius 3 is 1.38 bits per heavy atom. The minimum absolute atomic E-state index is 0.321. The lowest BCUT2D eigenvalue weighted by Crippen LogP contribution is -2.30. The van der Waals surface area contributed by atoms with Crippen LogP contribution in [-0.2, 0) is 12.8 Å². The molecule has 0 heterocycles. The topological polar surface area (TPSA) is 52.0 Å². The van der Waals surface area contributed by atoms with Crippen molar-refractivity contribution in [2.24, 2.45) is 11.5 Å². The molecule has 3 aromatic carbocycles. The van der Waals surface area contributed by atoms with Crippen LogP contribution in [0.3, 0.4) is 0 Å². The molecule has 0 saturated carbocycles. The standard InChI is InChI=1S/C24H24N2/c25-13-11-15-5-4-10-20-21(15)23-17-7-1-2-8-18(17)24(20)22-16(12-14-26)6-3-9-19(22)23/h1-10,23-24H,11-14,25-26H2. The van der Waals surface area contributed by atoms with Crippen molar-refractivity contribution < 1.29 is 0 Å². The summed E-state index contributed by atoms with van der Waals surface area (Å²) in [4.78, 5) is 0. The van der Waals surface area contributed by atoms with Crippen molar-refractivity contribution >= 4 is 0 Å². The molecule has 3 aliphatic carbocycles. The number of benzene rings is 3. The highest BCUT2D eigenvalue weighted by molar-refractivity contribution is 5.70. The average Bonchev–Trinajstić information content (AvgIpc) is 2.68. The summed E-state index contributed by atoms with van der Waals surface area (Å²) in [7, 11) is 0. The van der Waals surface area contributed by atoms with E-state index in [2.05, 4.69) is 60.7 Å². The van der Waals surface area contributed by atoms with Crippen molar-refractivity contribution in [2.45, 2.75) is 24.7 Å². The minimum Gasteiger partial charge on any atom is -0.330 e. The quantitative estimate of drug-likeness (QED) is 0.524. The van der Waals surface area contributed by atoms with Gasteiger partial charge in [0.05, 0.1) is 0 Å². The van der Waals surface area contributed by atoms with Gasteiger partial charge in [0.25, 0.3) is 0 Å². The molecule has 2 unspecified atom stereocenters. The maximum atomic E-state index is 5.93. The first-order valence-electron chi connectivity index (χ1n) is 9.57. The lowest BCUT2D eigenvalue weighted by Gasteiger charge is -2.44. The van der Waals surface area contributed by atoms with Gasteiger partial charge in [0.1, 0.15) is 0 Å². The molecule has 0 aromatic heterocycles. The number of rotatable bonds is 4. The van der Waals surface area contributed by atoms with Gasteiger partial charge in [-0.25, -0.2) is 0 Å². The van der Waals surface area contributed by atoms with Crippen molar-refractivity contribution in [3.8, 4) is 0 Å². The lowest BCUT2D eigenvalue weighted by molar-refractivity contribution is 0.727. The molecule has 0 amide bonds. The van der Waals surface area contributed by atoms with E-state index in [1.165, 1.54) is 44.5 Å². The van der Waals surface area contributed by atoms with Gasteiger partial charge in [-0.1, -0.05) is 60.7 Å². The third-order valence-electron chi connectivity index (χ3n) is 6.11. The molecule has 0 saturated heterocycles.